The van der Waals surface area contributed by atoms with E-state index in [1.54, 1.807) is 26.5 Å². The zero-order chi connectivity index (χ0) is 15.2. The summed E-state index contributed by atoms with van der Waals surface area (Å²) in [5.74, 6) is 1.40. The Morgan fingerprint density at radius 2 is 1.90 bits per heavy atom. The molecule has 5 heteroatoms. The predicted molar refractivity (Wildman–Crippen MR) is 81.2 cm³/mol. The van der Waals surface area contributed by atoms with Gasteiger partial charge in [-0.2, -0.15) is 0 Å². The Hall–Kier alpha value is -1.33. The van der Waals surface area contributed by atoms with Crippen molar-refractivity contribution in [3.63, 3.8) is 0 Å². The topological polar surface area (TPSA) is 60.6 Å². The van der Waals surface area contributed by atoms with Gasteiger partial charge in [-0.25, -0.2) is 0 Å². The van der Waals surface area contributed by atoms with Crippen LogP contribution in [0.3, 0.4) is 0 Å². The van der Waals surface area contributed by atoms with Crippen LogP contribution in [0.5, 0.6) is 11.5 Å². The van der Waals surface area contributed by atoms with Crippen LogP contribution in [0.2, 0.25) is 0 Å². The molecule has 0 radical (unpaired) electrons. The number of ether oxygens (including phenoxy) is 2. The van der Waals surface area contributed by atoms with Gasteiger partial charge >= 0.3 is 0 Å². The summed E-state index contributed by atoms with van der Waals surface area (Å²) in [6.07, 6.45) is 3.75. The molecule has 0 saturated carbocycles. The molecule has 0 unspecified atom stereocenters. The highest BCUT2D eigenvalue weighted by atomic mass is 16.5. The van der Waals surface area contributed by atoms with E-state index in [0.717, 1.165) is 18.5 Å². The molecule has 1 heterocycles. The Kier molecular flexibility index (Phi) is 6.23. The molecule has 114 valence electrons. The first-order valence-electron chi connectivity index (χ1n) is 7.05. The summed E-state index contributed by atoms with van der Waals surface area (Å²) in [6.45, 7) is 5.65. The molecule has 20 heavy (non-hydrogen) atoms. The van der Waals surface area contributed by atoms with E-state index in [0.29, 0.717) is 24.6 Å². The van der Waals surface area contributed by atoms with Gasteiger partial charge in [0, 0.05) is 30.9 Å². The highest BCUT2D eigenvalue weighted by Gasteiger charge is 2.30. The largest absolute Gasteiger partial charge is 0.493 e. The summed E-state index contributed by atoms with van der Waals surface area (Å²) in [6, 6.07) is 1.80. The van der Waals surface area contributed by atoms with Gasteiger partial charge in [-0.1, -0.05) is 13.8 Å². The molecule has 0 aliphatic heterocycles. The molecule has 1 aromatic rings. The average Bonchev–Trinajstić information content (AvgIpc) is 2.49. The molecular weight excluding hydrogens is 254 g/mol. The molecule has 0 saturated heterocycles. The van der Waals surface area contributed by atoms with Crippen molar-refractivity contribution in [2.45, 2.75) is 38.8 Å². The number of hydrogen-bond acceptors (Lipinski definition) is 5. The van der Waals surface area contributed by atoms with E-state index in [1.807, 2.05) is 0 Å². The van der Waals surface area contributed by atoms with Crippen LogP contribution in [0.15, 0.2) is 12.3 Å². The quantitative estimate of drug-likeness (QED) is 0.790. The van der Waals surface area contributed by atoms with Crippen LogP contribution in [0.4, 0.5) is 0 Å². The lowest BCUT2D eigenvalue weighted by atomic mass is 9.91. The number of likely N-dealkylation sites (N-methyl/N-ethyl adjacent to an activating group) is 1. The fraction of sp³-hybridized carbons (Fsp3) is 0.667. The Morgan fingerprint density at radius 1 is 1.25 bits per heavy atom. The molecule has 1 rings (SSSR count). The van der Waals surface area contributed by atoms with Crippen LogP contribution < -0.4 is 15.2 Å². The second kappa shape index (κ2) is 7.45. The van der Waals surface area contributed by atoms with E-state index in [1.165, 1.54) is 0 Å². The summed E-state index contributed by atoms with van der Waals surface area (Å²) in [5.41, 5.74) is 6.86. The van der Waals surface area contributed by atoms with Crippen molar-refractivity contribution in [1.82, 2.24) is 9.88 Å². The highest BCUT2D eigenvalue weighted by molar-refractivity contribution is 5.42. The van der Waals surface area contributed by atoms with Crippen molar-refractivity contribution in [2.75, 3.05) is 27.8 Å². The molecular formula is C15H27N3O2. The van der Waals surface area contributed by atoms with Crippen LogP contribution in [0.25, 0.3) is 0 Å². The lowest BCUT2D eigenvalue weighted by Gasteiger charge is -2.40. The van der Waals surface area contributed by atoms with E-state index in [9.17, 15) is 0 Å². The van der Waals surface area contributed by atoms with Crippen LogP contribution >= 0.6 is 0 Å². The minimum Gasteiger partial charge on any atom is -0.493 e. The third-order valence-corrected chi connectivity index (χ3v) is 4.26. The minimum absolute atomic E-state index is 0.00420. The third kappa shape index (κ3) is 3.22. The first kappa shape index (κ1) is 16.7. The van der Waals surface area contributed by atoms with Crippen molar-refractivity contribution < 1.29 is 9.47 Å². The third-order valence-electron chi connectivity index (χ3n) is 4.26. The minimum atomic E-state index is -0.00420. The zero-order valence-electron chi connectivity index (χ0n) is 13.3. The molecule has 0 aliphatic rings. The summed E-state index contributed by atoms with van der Waals surface area (Å²) in [5, 5.41) is 0. The summed E-state index contributed by atoms with van der Waals surface area (Å²) in [4.78, 5) is 6.69. The first-order chi connectivity index (χ1) is 9.58. The van der Waals surface area contributed by atoms with Crippen molar-refractivity contribution >= 4 is 0 Å². The summed E-state index contributed by atoms with van der Waals surface area (Å²) < 4.78 is 10.8. The fourth-order valence-corrected chi connectivity index (χ4v) is 2.59. The number of methoxy groups -OCH3 is 2. The van der Waals surface area contributed by atoms with Crippen molar-refractivity contribution in [2.24, 2.45) is 5.73 Å². The maximum Gasteiger partial charge on any atom is 0.183 e. The summed E-state index contributed by atoms with van der Waals surface area (Å²) >= 11 is 0. The van der Waals surface area contributed by atoms with Gasteiger partial charge in [0.25, 0.3) is 0 Å². The van der Waals surface area contributed by atoms with Crippen molar-refractivity contribution in [1.29, 1.82) is 0 Å². The lowest BCUT2D eigenvalue weighted by molar-refractivity contribution is 0.105. The number of pyridine rings is 1. The number of rotatable bonds is 8. The molecule has 0 atom stereocenters. The standard InChI is InChI=1S/C15H27N3O2/c1-6-15(7-2,11-16)18(3)10-12-14(20-5)13(19-4)8-9-17-12/h8-9H,6-7,10-11,16H2,1-5H3. The van der Waals surface area contributed by atoms with Crippen LogP contribution in [0, 0.1) is 0 Å². The fourth-order valence-electron chi connectivity index (χ4n) is 2.59. The maximum atomic E-state index is 5.99. The Balaban J connectivity index is 3.03. The van der Waals surface area contributed by atoms with E-state index in [-0.39, 0.29) is 5.54 Å². The number of nitrogens with two attached hydrogens (primary N) is 1. The molecule has 0 amide bonds. The Bertz CT molecular complexity index is 411. The van der Waals surface area contributed by atoms with E-state index < -0.39 is 0 Å². The smallest absolute Gasteiger partial charge is 0.183 e. The number of nitrogens with zero attached hydrogens (tertiary/aromatic N) is 2. The lowest BCUT2D eigenvalue weighted by Crippen LogP contribution is -2.50. The molecule has 0 aromatic carbocycles. The Morgan fingerprint density at radius 3 is 2.35 bits per heavy atom. The van der Waals surface area contributed by atoms with Crippen LogP contribution in [-0.2, 0) is 6.54 Å². The van der Waals surface area contributed by atoms with Crippen LogP contribution in [-0.4, -0.2) is 43.2 Å². The van der Waals surface area contributed by atoms with Gasteiger partial charge in [0.1, 0.15) is 5.69 Å². The molecule has 0 bridgehead atoms. The molecule has 0 spiro atoms. The zero-order valence-corrected chi connectivity index (χ0v) is 13.3. The molecule has 0 fully saturated rings. The Labute approximate surface area is 122 Å². The first-order valence-corrected chi connectivity index (χ1v) is 7.05. The van der Waals surface area contributed by atoms with Gasteiger partial charge < -0.3 is 15.2 Å². The molecule has 0 aliphatic carbocycles. The number of hydrogen-bond donors (Lipinski definition) is 1. The number of aromatic nitrogens is 1. The van der Waals surface area contributed by atoms with Gasteiger partial charge in [-0.15, -0.1) is 0 Å². The van der Waals surface area contributed by atoms with Gasteiger partial charge in [-0.05, 0) is 19.9 Å². The van der Waals surface area contributed by atoms with Gasteiger partial charge in [0.05, 0.1) is 14.2 Å². The summed E-state index contributed by atoms with van der Waals surface area (Å²) in [7, 11) is 5.35. The average molecular weight is 281 g/mol. The van der Waals surface area contributed by atoms with Crippen molar-refractivity contribution in [3.8, 4) is 11.5 Å². The van der Waals surface area contributed by atoms with Crippen LogP contribution in [0.1, 0.15) is 32.4 Å². The monoisotopic (exact) mass is 281 g/mol. The normalized spacial score (nSPS) is 11.8. The van der Waals surface area contributed by atoms with Crippen molar-refractivity contribution in [3.05, 3.63) is 18.0 Å². The van der Waals surface area contributed by atoms with E-state index >= 15 is 0 Å². The van der Waals surface area contributed by atoms with E-state index in [2.05, 4.69) is 30.8 Å². The van der Waals surface area contributed by atoms with Gasteiger partial charge in [0.2, 0.25) is 0 Å². The molecule has 5 nitrogen and oxygen atoms in total. The van der Waals surface area contributed by atoms with Gasteiger partial charge in [-0.3, -0.25) is 9.88 Å². The molecule has 2 N–H and O–H groups in total. The second-order valence-corrected chi connectivity index (χ2v) is 4.98. The maximum absolute atomic E-state index is 5.99. The van der Waals surface area contributed by atoms with Gasteiger partial charge in [0.15, 0.2) is 11.5 Å². The second-order valence-electron chi connectivity index (χ2n) is 4.98. The molecule has 1 aromatic heterocycles. The van der Waals surface area contributed by atoms with E-state index in [4.69, 9.17) is 15.2 Å². The predicted octanol–water partition coefficient (Wildman–Crippen LogP) is 2.05. The SMILES string of the molecule is CCC(CC)(CN)N(C)Cc1nccc(OC)c1OC. The highest BCUT2D eigenvalue weighted by Crippen LogP contribution is 2.31.